The number of aromatic nitrogens is 9. The molecule has 22 aromatic rings. The van der Waals surface area contributed by atoms with Crippen LogP contribution < -0.4 is 0 Å². The Morgan fingerprint density at radius 1 is 0.124 bits per heavy atom. The molecule has 3 heterocycles. The predicted molar refractivity (Wildman–Crippen MR) is 556 cm³/mol. The third-order valence-corrected chi connectivity index (χ3v) is 27.6. The summed E-state index contributed by atoms with van der Waals surface area (Å²) in [5.74, 6) is 5.95. The number of rotatable bonds is 14. The second-order valence-corrected chi connectivity index (χ2v) is 35.7. The van der Waals surface area contributed by atoms with Crippen molar-refractivity contribution in [2.24, 2.45) is 0 Å². The Kier molecular flexibility index (Phi) is 20.9. The van der Waals surface area contributed by atoms with Crippen LogP contribution in [0.4, 0.5) is 0 Å². The van der Waals surface area contributed by atoms with Gasteiger partial charge in [-0.1, -0.05) is 487 Å². The van der Waals surface area contributed by atoms with Gasteiger partial charge in [0.2, 0.25) is 0 Å². The van der Waals surface area contributed by atoms with E-state index in [1.54, 1.807) is 0 Å². The van der Waals surface area contributed by atoms with Gasteiger partial charge >= 0.3 is 0 Å². The van der Waals surface area contributed by atoms with Gasteiger partial charge in [0.05, 0.1) is 10.8 Å². The highest BCUT2D eigenvalue weighted by molar-refractivity contribution is 5.97. The Balaban J connectivity index is 0.000000113. The third-order valence-electron chi connectivity index (χ3n) is 27.6. The quantitative estimate of drug-likeness (QED) is 0.105. The first-order chi connectivity index (χ1) is 67.6. The van der Waals surface area contributed by atoms with E-state index >= 15 is 0 Å². The van der Waals surface area contributed by atoms with Gasteiger partial charge in [0.25, 0.3) is 0 Å². The average molecular weight is 1750 g/mol. The Bertz CT molecular complexity index is 7750. The molecule has 0 saturated heterocycles. The van der Waals surface area contributed by atoms with Crippen molar-refractivity contribution in [2.45, 2.75) is 30.1 Å². The van der Waals surface area contributed by atoms with Crippen LogP contribution in [0.2, 0.25) is 0 Å². The minimum atomic E-state index is -0.434. The van der Waals surface area contributed by atoms with Crippen LogP contribution in [0.3, 0.4) is 0 Å². The van der Waals surface area contributed by atoms with Crippen LogP contribution in [-0.4, -0.2) is 44.9 Å². The summed E-state index contributed by atoms with van der Waals surface area (Å²) in [5.41, 5.74) is 38.6. The van der Waals surface area contributed by atoms with Gasteiger partial charge in [-0.15, -0.1) is 0 Å². The maximum atomic E-state index is 4.94. The summed E-state index contributed by atoms with van der Waals surface area (Å²) in [6.07, 6.45) is 0. The predicted octanol–water partition coefficient (Wildman–Crippen LogP) is 30.6. The molecule has 0 fully saturated rings. The zero-order valence-corrected chi connectivity index (χ0v) is 75.3. The molecule has 26 rings (SSSR count). The van der Waals surface area contributed by atoms with Crippen LogP contribution in [0.25, 0.3) is 180 Å². The molecular formula is C128H87N9. The Labute approximate surface area is 796 Å². The van der Waals surface area contributed by atoms with Crippen molar-refractivity contribution < 1.29 is 0 Å². The molecule has 0 aliphatic heterocycles. The summed E-state index contributed by atoms with van der Waals surface area (Å²) in [6.45, 7) is 4.63. The number of hydrogen-bond acceptors (Lipinski definition) is 9. The smallest absolute Gasteiger partial charge is 0.164 e. The monoisotopic (exact) mass is 1750 g/mol. The van der Waals surface area contributed by atoms with Gasteiger partial charge in [-0.05, 0) is 152 Å². The van der Waals surface area contributed by atoms with E-state index in [1.807, 2.05) is 182 Å². The second kappa shape index (κ2) is 34.7. The topological polar surface area (TPSA) is 116 Å². The summed E-state index contributed by atoms with van der Waals surface area (Å²) < 4.78 is 0. The van der Waals surface area contributed by atoms with Crippen molar-refractivity contribution in [3.8, 4) is 180 Å². The largest absolute Gasteiger partial charge is 0.208 e. The minimum absolute atomic E-state index is 0.0138. The van der Waals surface area contributed by atoms with Gasteiger partial charge in [0.1, 0.15) is 0 Å². The van der Waals surface area contributed by atoms with Crippen molar-refractivity contribution in [3.05, 3.63) is 547 Å². The van der Waals surface area contributed by atoms with Crippen molar-refractivity contribution in [1.29, 1.82) is 0 Å². The fraction of sp³-hybridized carbons (Fsp3) is 0.0391. The molecule has 19 aromatic carbocycles. The Morgan fingerprint density at radius 3 is 0.591 bits per heavy atom. The summed E-state index contributed by atoms with van der Waals surface area (Å²) in [5, 5.41) is 0. The standard InChI is InChI=1S/C46H29N3.C46H31N3.C36H27N3/c1-3-13-31(14-4-1)43-47-44(32-15-5-2-6-16-32)49-45(48-43)33-25-23-30(24-26-33)34-27-28-38-37-19-9-12-22-41(37)46(42(38)29-34)39-20-10-7-17-35(39)36-18-8-11-21-40(36)46;1-5-15-33(16-6-1)43-47-44(34-17-7-2-8-18-34)49-45(48-43)35-27-25-32(26-28-35)36-29-30-40-39-23-13-14-24-41(39)46(42(40)31-36,37-19-9-3-10-20-37)38-21-11-4-12-22-38;1-36(2)31-16-10-9-15-29(31)30-23-28(21-22-32(30)36)24-17-19-27(20-18-24)35-38-33(25-11-5-3-6-12-25)37-34(39-35)26-13-7-4-8-14-26/h1-29H;1-31H;3-23H,1-2H3. The molecule has 4 aliphatic rings. The van der Waals surface area contributed by atoms with E-state index < -0.39 is 5.41 Å². The Morgan fingerprint density at radius 2 is 0.307 bits per heavy atom. The second-order valence-electron chi connectivity index (χ2n) is 35.7. The van der Waals surface area contributed by atoms with Crippen LogP contribution in [0.15, 0.2) is 491 Å². The zero-order valence-electron chi connectivity index (χ0n) is 75.3. The van der Waals surface area contributed by atoms with Crippen LogP contribution >= 0.6 is 0 Å². The SMILES string of the molecule is CC1(C)c2ccccc2-c2cc(-c3ccc(-c4nc(-c5ccccc5)nc(-c5ccccc5)n4)cc3)ccc21.c1ccc(-c2nc(-c3ccccc3)nc(-c3ccc(-c4ccc5c(c4)C(c4ccccc4)(c4ccccc4)c4ccccc4-5)cc3)n2)cc1.c1ccc(-c2nc(-c3ccccc3)nc(-c3ccc(-c4ccc5c(c4)C4(c6ccccc6-c6ccccc64)c4ccccc4-5)cc3)n2)cc1. The summed E-state index contributed by atoms with van der Waals surface area (Å²) >= 11 is 0. The molecule has 0 amide bonds. The molecule has 0 N–H and O–H groups in total. The maximum Gasteiger partial charge on any atom is 0.164 e. The van der Waals surface area contributed by atoms with Gasteiger partial charge < -0.3 is 0 Å². The lowest BCUT2D eigenvalue weighted by molar-refractivity contribution is 0.660. The fourth-order valence-electron chi connectivity index (χ4n) is 21.0. The zero-order chi connectivity index (χ0) is 91.4. The van der Waals surface area contributed by atoms with E-state index in [4.69, 9.17) is 44.9 Å². The first-order valence-electron chi connectivity index (χ1n) is 46.6. The highest BCUT2D eigenvalue weighted by atomic mass is 15.1. The summed E-state index contributed by atoms with van der Waals surface area (Å²) in [4.78, 5) is 44.0. The molecule has 0 saturated carbocycles. The van der Waals surface area contributed by atoms with Crippen molar-refractivity contribution >= 4 is 0 Å². The fourth-order valence-corrected chi connectivity index (χ4v) is 21.0. The lowest BCUT2D eigenvalue weighted by atomic mass is 9.67. The molecule has 9 nitrogen and oxygen atoms in total. The van der Waals surface area contributed by atoms with Crippen LogP contribution in [0.1, 0.15) is 69.5 Å². The molecule has 4 aliphatic carbocycles. The van der Waals surface area contributed by atoms with Crippen LogP contribution in [0.5, 0.6) is 0 Å². The summed E-state index contributed by atoms with van der Waals surface area (Å²) in [7, 11) is 0. The van der Waals surface area contributed by atoms with E-state index in [1.165, 1.54) is 122 Å². The van der Waals surface area contributed by atoms with Crippen molar-refractivity contribution in [3.63, 3.8) is 0 Å². The molecular weight excluding hydrogens is 1660 g/mol. The van der Waals surface area contributed by atoms with Gasteiger partial charge in [-0.3, -0.25) is 0 Å². The van der Waals surface area contributed by atoms with E-state index in [2.05, 4.69) is 323 Å². The molecule has 0 unspecified atom stereocenters. The minimum Gasteiger partial charge on any atom is -0.208 e. The van der Waals surface area contributed by atoms with E-state index in [9.17, 15) is 0 Å². The van der Waals surface area contributed by atoms with Crippen LogP contribution in [-0.2, 0) is 16.2 Å². The number of hydrogen-bond donors (Lipinski definition) is 0. The Hall–Kier alpha value is -17.8. The van der Waals surface area contributed by atoms with Gasteiger partial charge in [-0.25, -0.2) is 44.9 Å². The van der Waals surface area contributed by atoms with Crippen molar-refractivity contribution in [1.82, 2.24) is 44.9 Å². The first-order valence-corrected chi connectivity index (χ1v) is 46.6. The van der Waals surface area contributed by atoms with Gasteiger partial charge in [0.15, 0.2) is 52.4 Å². The molecule has 644 valence electrons. The third kappa shape index (κ3) is 14.6. The van der Waals surface area contributed by atoms with Gasteiger partial charge in [0, 0.05) is 55.5 Å². The normalized spacial score (nSPS) is 12.9. The van der Waals surface area contributed by atoms with Gasteiger partial charge in [-0.2, -0.15) is 0 Å². The molecule has 0 radical (unpaired) electrons. The lowest BCUT2D eigenvalue weighted by Gasteiger charge is -2.34. The first kappa shape index (κ1) is 82.4. The highest BCUT2D eigenvalue weighted by Gasteiger charge is 2.52. The number of nitrogens with zero attached hydrogens (tertiary/aromatic N) is 9. The molecule has 137 heavy (non-hydrogen) atoms. The number of fused-ring (bicyclic) bond motifs is 16. The van der Waals surface area contributed by atoms with E-state index in [0.717, 1.165) is 61.2 Å². The van der Waals surface area contributed by atoms with E-state index in [0.29, 0.717) is 52.4 Å². The van der Waals surface area contributed by atoms with E-state index in [-0.39, 0.29) is 10.8 Å². The molecule has 1 spiro atoms. The molecule has 9 heteroatoms. The lowest BCUT2D eigenvalue weighted by Crippen LogP contribution is -2.28. The molecule has 0 bridgehead atoms. The van der Waals surface area contributed by atoms with Crippen molar-refractivity contribution in [2.75, 3.05) is 0 Å². The molecule has 3 aromatic heterocycles. The summed E-state index contributed by atoms with van der Waals surface area (Å²) in [6, 6.07) is 174. The maximum absolute atomic E-state index is 4.94. The van der Waals surface area contributed by atoms with Crippen LogP contribution in [0, 0.1) is 0 Å². The average Bonchev–Trinajstić information content (AvgIpc) is 1.51. The highest BCUT2D eigenvalue weighted by Crippen LogP contribution is 2.64. The number of benzene rings is 19. The molecule has 0 atom stereocenters.